The van der Waals surface area contributed by atoms with Gasteiger partial charge in [-0.3, -0.25) is 4.79 Å². The van der Waals surface area contributed by atoms with E-state index < -0.39 is 11.7 Å². The third kappa shape index (κ3) is 4.35. The van der Waals surface area contributed by atoms with Gasteiger partial charge in [-0.1, -0.05) is 0 Å². The number of nitrogens with zero attached hydrogens (tertiary/aromatic N) is 1. The number of benzene rings is 1. The van der Waals surface area contributed by atoms with Crippen LogP contribution in [0.25, 0.3) is 0 Å². The van der Waals surface area contributed by atoms with E-state index in [0.717, 1.165) is 38.1 Å². The predicted molar refractivity (Wildman–Crippen MR) is 76.7 cm³/mol. The summed E-state index contributed by atoms with van der Waals surface area (Å²) in [6, 6.07) is 4.45. The van der Waals surface area contributed by atoms with Crippen LogP contribution in [0.15, 0.2) is 24.3 Å². The van der Waals surface area contributed by atoms with Crippen molar-refractivity contribution in [1.82, 2.24) is 10.2 Å². The van der Waals surface area contributed by atoms with Crippen molar-refractivity contribution in [1.29, 1.82) is 0 Å². The summed E-state index contributed by atoms with van der Waals surface area (Å²) in [5, 5.41) is 3.21. The number of hydrogen-bond acceptors (Lipinski definition) is 2. The molecular formula is C14H18ClF3N2O. The maximum Gasteiger partial charge on any atom is 0.416 e. The van der Waals surface area contributed by atoms with Gasteiger partial charge in [-0.05, 0) is 43.7 Å². The number of alkyl halides is 3. The van der Waals surface area contributed by atoms with Crippen LogP contribution in [0.3, 0.4) is 0 Å². The Balaban J connectivity index is 0.00000220. The maximum absolute atomic E-state index is 12.5. The molecule has 0 aromatic heterocycles. The minimum Gasteiger partial charge on any atom is -0.337 e. The fourth-order valence-electron chi connectivity index (χ4n) is 2.34. The van der Waals surface area contributed by atoms with E-state index in [9.17, 15) is 18.0 Å². The number of piperidine rings is 1. The summed E-state index contributed by atoms with van der Waals surface area (Å²) in [6.07, 6.45) is -2.47. The number of carbonyl (C=O) groups is 1. The first-order chi connectivity index (χ1) is 9.39. The topological polar surface area (TPSA) is 32.3 Å². The Kier molecular flexibility index (Phi) is 6.04. The van der Waals surface area contributed by atoms with Gasteiger partial charge in [0.2, 0.25) is 0 Å². The summed E-state index contributed by atoms with van der Waals surface area (Å²) in [5.41, 5.74) is -0.456. The minimum atomic E-state index is -4.37. The maximum atomic E-state index is 12.5. The van der Waals surface area contributed by atoms with E-state index >= 15 is 0 Å². The van der Waals surface area contributed by atoms with Gasteiger partial charge in [0.15, 0.2) is 0 Å². The third-order valence-electron chi connectivity index (χ3n) is 3.60. The van der Waals surface area contributed by atoms with Crippen molar-refractivity contribution < 1.29 is 18.0 Å². The Morgan fingerprint density at radius 2 is 1.90 bits per heavy atom. The molecule has 1 N–H and O–H groups in total. The first kappa shape index (κ1) is 17.8. The van der Waals surface area contributed by atoms with Gasteiger partial charge in [-0.25, -0.2) is 0 Å². The molecule has 1 saturated heterocycles. The highest BCUT2D eigenvalue weighted by Gasteiger charge is 2.30. The molecule has 0 spiro atoms. The van der Waals surface area contributed by atoms with Gasteiger partial charge >= 0.3 is 6.18 Å². The van der Waals surface area contributed by atoms with E-state index in [4.69, 9.17) is 0 Å². The molecule has 1 atom stereocenters. The van der Waals surface area contributed by atoms with Crippen molar-refractivity contribution in [3.63, 3.8) is 0 Å². The summed E-state index contributed by atoms with van der Waals surface area (Å²) in [4.78, 5) is 13.8. The number of carbonyl (C=O) groups excluding carboxylic acids is 1. The van der Waals surface area contributed by atoms with Crippen molar-refractivity contribution in [3.05, 3.63) is 35.4 Å². The molecule has 0 aliphatic carbocycles. The molecule has 1 aliphatic rings. The molecular weight excluding hydrogens is 305 g/mol. The van der Waals surface area contributed by atoms with Gasteiger partial charge in [0.1, 0.15) is 0 Å². The molecule has 0 radical (unpaired) electrons. The molecule has 1 amide bonds. The van der Waals surface area contributed by atoms with Crippen LogP contribution in [-0.2, 0) is 6.18 Å². The van der Waals surface area contributed by atoms with E-state index in [1.165, 1.54) is 12.1 Å². The van der Waals surface area contributed by atoms with E-state index in [1.54, 1.807) is 11.9 Å². The second kappa shape index (κ2) is 7.13. The first-order valence-electron chi connectivity index (χ1n) is 6.55. The zero-order valence-corrected chi connectivity index (χ0v) is 12.4. The number of nitrogens with one attached hydrogen (secondary N) is 1. The predicted octanol–water partition coefficient (Wildman–Crippen LogP) is 2.95. The molecule has 0 saturated carbocycles. The highest BCUT2D eigenvalue weighted by Crippen LogP contribution is 2.29. The zero-order chi connectivity index (χ0) is 14.8. The molecule has 21 heavy (non-hydrogen) atoms. The van der Waals surface area contributed by atoms with Crippen LogP contribution >= 0.6 is 12.4 Å². The lowest BCUT2D eigenvalue weighted by Crippen LogP contribution is -2.46. The standard InChI is InChI=1S/C14H17F3N2O.ClH/c1-19(12-3-2-8-18-9-12)13(20)10-4-6-11(7-5-10)14(15,16)17;/h4-7,12,18H,2-3,8-9H2,1H3;1H/t12-;/m0./s1. The van der Waals surface area contributed by atoms with Gasteiger partial charge in [-0.2, -0.15) is 13.2 Å². The number of hydrogen-bond donors (Lipinski definition) is 1. The summed E-state index contributed by atoms with van der Waals surface area (Å²) >= 11 is 0. The first-order valence-corrected chi connectivity index (χ1v) is 6.55. The second-order valence-electron chi connectivity index (χ2n) is 4.99. The highest BCUT2D eigenvalue weighted by molar-refractivity contribution is 5.94. The lowest BCUT2D eigenvalue weighted by molar-refractivity contribution is -0.137. The molecule has 1 fully saturated rings. The number of halogens is 4. The molecule has 1 aliphatic heterocycles. The third-order valence-corrected chi connectivity index (χ3v) is 3.60. The largest absolute Gasteiger partial charge is 0.416 e. The van der Waals surface area contributed by atoms with Crippen molar-refractivity contribution in [3.8, 4) is 0 Å². The number of amides is 1. The van der Waals surface area contributed by atoms with E-state index in [2.05, 4.69) is 5.32 Å². The SMILES string of the molecule is CN(C(=O)c1ccc(C(F)(F)F)cc1)[C@H]1CCCNC1.Cl. The van der Waals surface area contributed by atoms with Crippen LogP contribution in [0, 0.1) is 0 Å². The van der Waals surface area contributed by atoms with E-state index in [0.29, 0.717) is 0 Å². The summed E-state index contributed by atoms with van der Waals surface area (Å²) < 4.78 is 37.4. The Bertz CT molecular complexity index is 470. The normalized spacial score (nSPS) is 18.8. The molecule has 1 aromatic carbocycles. The summed E-state index contributed by atoms with van der Waals surface area (Å²) in [6.45, 7) is 1.67. The minimum absolute atomic E-state index is 0. The van der Waals surface area contributed by atoms with Gasteiger partial charge in [-0.15, -0.1) is 12.4 Å². The monoisotopic (exact) mass is 322 g/mol. The quantitative estimate of drug-likeness (QED) is 0.908. The van der Waals surface area contributed by atoms with Crippen molar-refractivity contribution >= 4 is 18.3 Å². The lowest BCUT2D eigenvalue weighted by atomic mass is 10.0. The molecule has 118 valence electrons. The zero-order valence-electron chi connectivity index (χ0n) is 11.6. The highest BCUT2D eigenvalue weighted by atomic mass is 35.5. The molecule has 1 aromatic rings. The van der Waals surface area contributed by atoms with Crippen LogP contribution in [0.5, 0.6) is 0 Å². The summed E-state index contributed by atoms with van der Waals surface area (Å²) in [7, 11) is 1.69. The van der Waals surface area contributed by atoms with Crippen LogP contribution in [0.1, 0.15) is 28.8 Å². The van der Waals surface area contributed by atoms with Gasteiger partial charge in [0.05, 0.1) is 5.56 Å². The van der Waals surface area contributed by atoms with Crippen molar-refractivity contribution in [2.24, 2.45) is 0 Å². The Morgan fingerprint density at radius 1 is 1.29 bits per heavy atom. The molecule has 0 bridgehead atoms. The second-order valence-corrected chi connectivity index (χ2v) is 4.99. The van der Waals surface area contributed by atoms with Gasteiger partial charge < -0.3 is 10.2 Å². The fraction of sp³-hybridized carbons (Fsp3) is 0.500. The van der Waals surface area contributed by atoms with E-state index in [1.807, 2.05) is 0 Å². The van der Waals surface area contributed by atoms with Crippen molar-refractivity contribution in [2.75, 3.05) is 20.1 Å². The molecule has 3 nitrogen and oxygen atoms in total. The average molecular weight is 323 g/mol. The van der Waals surface area contributed by atoms with Crippen LogP contribution < -0.4 is 5.32 Å². The van der Waals surface area contributed by atoms with Crippen LogP contribution in [0.4, 0.5) is 13.2 Å². The average Bonchev–Trinajstić information content (AvgIpc) is 2.46. The Hall–Kier alpha value is -1.27. The number of likely N-dealkylation sites (N-methyl/N-ethyl adjacent to an activating group) is 1. The molecule has 0 unspecified atom stereocenters. The van der Waals surface area contributed by atoms with Crippen molar-refractivity contribution in [2.45, 2.75) is 25.1 Å². The fourth-order valence-corrected chi connectivity index (χ4v) is 2.34. The van der Waals surface area contributed by atoms with Crippen LogP contribution in [-0.4, -0.2) is 37.0 Å². The smallest absolute Gasteiger partial charge is 0.337 e. The van der Waals surface area contributed by atoms with Gasteiger partial charge in [0.25, 0.3) is 5.91 Å². The lowest BCUT2D eigenvalue weighted by Gasteiger charge is -2.31. The number of rotatable bonds is 2. The molecule has 7 heteroatoms. The molecule has 2 rings (SSSR count). The Morgan fingerprint density at radius 3 is 2.38 bits per heavy atom. The Labute approximate surface area is 127 Å². The van der Waals surface area contributed by atoms with Gasteiger partial charge in [0, 0.05) is 25.2 Å². The molecule has 1 heterocycles. The summed E-state index contributed by atoms with van der Waals surface area (Å²) in [5.74, 6) is -0.243. The van der Waals surface area contributed by atoms with Crippen LogP contribution in [0.2, 0.25) is 0 Å². The van der Waals surface area contributed by atoms with E-state index in [-0.39, 0.29) is 29.9 Å².